The van der Waals surface area contributed by atoms with Crippen molar-refractivity contribution in [2.24, 2.45) is 9.74 Å². The summed E-state index contributed by atoms with van der Waals surface area (Å²) in [4.78, 5) is 7.41. The van der Waals surface area contributed by atoms with E-state index in [1.807, 2.05) is 10.9 Å². The minimum absolute atomic E-state index is 0.267. The van der Waals surface area contributed by atoms with Gasteiger partial charge in [0.05, 0.1) is 42.8 Å². The van der Waals surface area contributed by atoms with E-state index in [-0.39, 0.29) is 5.41 Å². The Morgan fingerprint density at radius 2 is 1.70 bits per heavy atom. The monoisotopic (exact) mass is 656 g/mol. The van der Waals surface area contributed by atoms with Crippen molar-refractivity contribution in [1.82, 2.24) is 9.78 Å². The second-order valence-electron chi connectivity index (χ2n) is 10.6. The number of hydrogen-bond acceptors (Lipinski definition) is 5. The number of anilines is 1. The van der Waals surface area contributed by atoms with Crippen LogP contribution in [-0.2, 0) is 12.0 Å². The summed E-state index contributed by atoms with van der Waals surface area (Å²) in [7, 11) is -0.519. The smallest absolute Gasteiger partial charge is 0.160 e. The summed E-state index contributed by atoms with van der Waals surface area (Å²) < 4.78 is 8.82. The van der Waals surface area contributed by atoms with Crippen LogP contribution in [0.2, 0.25) is 0 Å². The molecule has 0 amide bonds. The summed E-state index contributed by atoms with van der Waals surface area (Å²) in [6.45, 7) is 7.15. The molecule has 6 rings (SSSR count). The van der Waals surface area contributed by atoms with Crippen molar-refractivity contribution in [3.8, 4) is 6.07 Å². The van der Waals surface area contributed by atoms with Crippen LogP contribution in [0.25, 0.3) is 0 Å². The lowest BCUT2D eigenvalue weighted by Crippen LogP contribution is -2.30. The fourth-order valence-electron chi connectivity index (χ4n) is 6.13. The molecule has 1 aromatic heterocycles. The molecule has 0 spiro atoms. The molecule has 3 aromatic carbocycles. The molecule has 6 nitrogen and oxygen atoms in total. The van der Waals surface area contributed by atoms with Crippen molar-refractivity contribution in [1.29, 1.82) is 5.26 Å². The molecule has 0 aliphatic carbocycles. The van der Waals surface area contributed by atoms with E-state index in [0.29, 0.717) is 13.0 Å². The first-order valence-corrected chi connectivity index (χ1v) is 16.1. The van der Waals surface area contributed by atoms with Gasteiger partial charge >= 0.3 is 0 Å². The van der Waals surface area contributed by atoms with Crippen LogP contribution in [0, 0.1) is 21.8 Å². The number of rotatable bonds is 4. The molecule has 2 aliphatic rings. The van der Waals surface area contributed by atoms with E-state index >= 15 is 0 Å². The lowest BCUT2D eigenvalue weighted by atomic mass is 9.84. The SMILES string of the molecule is Cc1nn(CCC#N)c2c1P(=Nc1ccc(I)cc1)(c1ccccc1)C(=C1N(C)c3ccccc3C1(C)C)C=N2. The van der Waals surface area contributed by atoms with Gasteiger partial charge in [-0.2, -0.15) is 10.4 Å². The standard InChI is InChI=1S/C32H30IN6P/c1-22-29-31(39(36-22)20-10-19-34)35-21-28(30-32(2,3)26-13-8-9-14-27(26)38(30)4)40(29,25-11-6-5-7-12-25)37-24-17-15-23(33)16-18-24/h5-9,11-18,21H,10,20H2,1-4H3. The van der Waals surface area contributed by atoms with Crippen molar-refractivity contribution < 1.29 is 0 Å². The zero-order valence-corrected chi connectivity index (χ0v) is 26.1. The maximum atomic E-state index is 9.34. The van der Waals surface area contributed by atoms with Gasteiger partial charge in [0.25, 0.3) is 0 Å². The highest BCUT2D eigenvalue weighted by atomic mass is 127. The second kappa shape index (κ2) is 10.2. The zero-order chi connectivity index (χ0) is 28.1. The van der Waals surface area contributed by atoms with Crippen LogP contribution in [0.3, 0.4) is 0 Å². The molecule has 1 atom stereocenters. The third kappa shape index (κ3) is 4.08. The number of benzene rings is 3. The molecule has 3 heterocycles. The maximum Gasteiger partial charge on any atom is 0.160 e. The first kappa shape index (κ1) is 26.7. The Hall–Kier alpha value is -3.47. The van der Waals surface area contributed by atoms with Crippen LogP contribution >= 0.6 is 29.6 Å². The number of aryl methyl sites for hydroxylation is 2. The van der Waals surface area contributed by atoms with Crippen LogP contribution < -0.4 is 15.5 Å². The average Bonchev–Trinajstić information content (AvgIpc) is 3.39. The van der Waals surface area contributed by atoms with E-state index in [0.717, 1.165) is 33.1 Å². The number of nitriles is 1. The molecule has 2 aliphatic heterocycles. The normalized spacial score (nSPS) is 20.6. The predicted octanol–water partition coefficient (Wildman–Crippen LogP) is 7.55. The summed E-state index contributed by atoms with van der Waals surface area (Å²) in [6.07, 6.45) is 2.41. The summed E-state index contributed by atoms with van der Waals surface area (Å²) in [5, 5.41) is 17.6. The Kier molecular flexibility index (Phi) is 6.80. The number of halogens is 1. The Morgan fingerprint density at radius 3 is 2.40 bits per heavy atom. The van der Waals surface area contributed by atoms with Crippen LogP contribution in [0.1, 0.15) is 31.5 Å². The average molecular weight is 657 g/mol. The Morgan fingerprint density at radius 1 is 1.00 bits per heavy atom. The van der Waals surface area contributed by atoms with E-state index < -0.39 is 7.05 Å². The van der Waals surface area contributed by atoms with E-state index in [1.165, 1.54) is 20.5 Å². The van der Waals surface area contributed by atoms with Crippen LogP contribution in [0.15, 0.2) is 99.6 Å². The molecule has 0 N–H and O–H groups in total. The Labute approximate surface area is 249 Å². The van der Waals surface area contributed by atoms with E-state index in [1.54, 1.807) is 0 Å². The maximum absolute atomic E-state index is 9.34. The third-order valence-electron chi connectivity index (χ3n) is 7.82. The molecule has 200 valence electrons. The number of fused-ring (bicyclic) bond motifs is 2. The molecule has 8 heteroatoms. The minimum Gasteiger partial charge on any atom is -0.346 e. The third-order valence-corrected chi connectivity index (χ3v) is 12.3. The van der Waals surface area contributed by atoms with Gasteiger partial charge in [0, 0.05) is 44.3 Å². The van der Waals surface area contributed by atoms with Crippen molar-refractivity contribution in [2.45, 2.75) is 39.2 Å². The number of allylic oxidation sites excluding steroid dienone is 2. The summed E-state index contributed by atoms with van der Waals surface area (Å²) in [5.74, 6) is 0.805. The molecular weight excluding hydrogens is 626 g/mol. The topological polar surface area (TPSA) is 69.6 Å². The summed E-state index contributed by atoms with van der Waals surface area (Å²) in [5.41, 5.74) is 5.27. The first-order chi connectivity index (χ1) is 19.3. The number of para-hydroxylation sites is 1. The van der Waals surface area contributed by atoms with Crippen LogP contribution in [-0.4, -0.2) is 23.0 Å². The van der Waals surface area contributed by atoms with Crippen molar-refractivity contribution in [3.63, 3.8) is 0 Å². The van der Waals surface area contributed by atoms with E-state index in [4.69, 9.17) is 14.8 Å². The molecule has 0 fully saturated rings. The number of hydrogen-bond donors (Lipinski definition) is 0. The highest BCUT2D eigenvalue weighted by molar-refractivity contribution is 14.1. The molecule has 0 radical (unpaired) electrons. The van der Waals surface area contributed by atoms with Crippen molar-refractivity contribution >= 4 is 63.7 Å². The van der Waals surface area contributed by atoms with Crippen molar-refractivity contribution in [2.75, 3.05) is 11.9 Å². The molecule has 40 heavy (non-hydrogen) atoms. The van der Waals surface area contributed by atoms with Gasteiger partial charge in [0.1, 0.15) is 0 Å². The number of aliphatic imine (C=N–C) groups is 1. The number of aromatic nitrogens is 2. The van der Waals surface area contributed by atoms with E-state index in [9.17, 15) is 5.26 Å². The molecule has 0 bridgehead atoms. The minimum atomic E-state index is -2.68. The number of nitrogens with zero attached hydrogens (tertiary/aromatic N) is 6. The van der Waals surface area contributed by atoms with Gasteiger partial charge in [-0.05, 0) is 65.4 Å². The molecule has 0 saturated heterocycles. The molecule has 4 aromatic rings. The van der Waals surface area contributed by atoms with Gasteiger partial charge in [0.15, 0.2) is 5.82 Å². The largest absolute Gasteiger partial charge is 0.346 e. The summed E-state index contributed by atoms with van der Waals surface area (Å²) >= 11 is 2.34. The Bertz CT molecular complexity index is 1770. The Balaban J connectivity index is 1.79. The highest BCUT2D eigenvalue weighted by Crippen LogP contribution is 2.64. The number of likely N-dealkylation sites (N-methyl/N-ethyl adjacent to an activating group) is 1. The van der Waals surface area contributed by atoms with Crippen LogP contribution in [0.5, 0.6) is 0 Å². The van der Waals surface area contributed by atoms with Gasteiger partial charge in [-0.1, -0.05) is 62.4 Å². The molecular formula is C32H30IN6P. The van der Waals surface area contributed by atoms with E-state index in [2.05, 4.69) is 140 Å². The predicted molar refractivity (Wildman–Crippen MR) is 174 cm³/mol. The molecule has 1 unspecified atom stereocenters. The lowest BCUT2D eigenvalue weighted by Gasteiger charge is -2.35. The van der Waals surface area contributed by atoms with Gasteiger partial charge in [-0.15, -0.1) is 0 Å². The quantitative estimate of drug-likeness (QED) is 0.168. The molecule has 0 saturated carbocycles. The summed E-state index contributed by atoms with van der Waals surface area (Å²) in [6, 6.07) is 30.0. The van der Waals surface area contributed by atoms with Gasteiger partial charge in [-0.25, -0.2) is 9.67 Å². The first-order valence-electron chi connectivity index (χ1n) is 13.3. The fraction of sp³-hybridized carbons (Fsp3) is 0.219. The second-order valence-corrected chi connectivity index (χ2v) is 14.8. The van der Waals surface area contributed by atoms with Gasteiger partial charge in [0.2, 0.25) is 0 Å². The van der Waals surface area contributed by atoms with Gasteiger partial charge < -0.3 is 4.90 Å². The fourth-order valence-corrected chi connectivity index (χ4v) is 10.6. The zero-order valence-electron chi connectivity index (χ0n) is 23.0. The lowest BCUT2D eigenvalue weighted by molar-refractivity contribution is 0.626. The van der Waals surface area contributed by atoms with Gasteiger partial charge in [-0.3, -0.25) is 4.74 Å². The highest BCUT2D eigenvalue weighted by Gasteiger charge is 2.47. The van der Waals surface area contributed by atoms with Crippen molar-refractivity contribution in [3.05, 3.63) is 105 Å². The van der Waals surface area contributed by atoms with Crippen LogP contribution in [0.4, 0.5) is 17.2 Å².